The van der Waals surface area contributed by atoms with Crippen LogP contribution in [0.1, 0.15) is 39.0 Å². The van der Waals surface area contributed by atoms with Crippen LogP contribution in [0.25, 0.3) is 0 Å². The number of aliphatic hydroxyl groups is 1. The van der Waals surface area contributed by atoms with Crippen LogP contribution in [0, 0.1) is 5.92 Å². The number of rotatable bonds is 8. The Morgan fingerprint density at radius 1 is 1.29 bits per heavy atom. The lowest BCUT2D eigenvalue weighted by atomic mass is 9.84. The first kappa shape index (κ1) is 18.2. The molecule has 1 rings (SSSR count). The predicted octanol–water partition coefficient (Wildman–Crippen LogP) is 2.00. The van der Waals surface area contributed by atoms with Crippen LogP contribution >= 0.6 is 0 Å². The summed E-state index contributed by atoms with van der Waals surface area (Å²) >= 11 is 0. The number of nitrogens with zero attached hydrogens (tertiary/aromatic N) is 1. The highest BCUT2D eigenvalue weighted by molar-refractivity contribution is 5.68. The number of hydrogen-bond donors (Lipinski definition) is 1. The quantitative estimate of drug-likeness (QED) is 0.549. The molecule has 6 nitrogen and oxygen atoms in total. The van der Waals surface area contributed by atoms with Crippen LogP contribution in [-0.2, 0) is 14.2 Å². The Labute approximate surface area is 127 Å². The molecule has 6 heteroatoms. The summed E-state index contributed by atoms with van der Waals surface area (Å²) in [6.45, 7) is 3.19. The van der Waals surface area contributed by atoms with Gasteiger partial charge in [-0.2, -0.15) is 0 Å². The first-order valence-electron chi connectivity index (χ1n) is 7.69. The van der Waals surface area contributed by atoms with Crippen molar-refractivity contribution < 1.29 is 24.1 Å². The van der Waals surface area contributed by atoms with Gasteiger partial charge in [-0.15, -0.1) is 0 Å². The van der Waals surface area contributed by atoms with Gasteiger partial charge in [0.1, 0.15) is 6.79 Å². The standard InChI is InChI=1S/C15H29NO5/c1-12-6-7-13(8-9-17)16(15(18)20-3)14(12)5-4-10-21-11-19-2/h12-14,17H,4-11H2,1-3H3/t12-,13+,14+/m1/s1. The normalized spacial score (nSPS) is 25.9. The Bertz CT molecular complexity index is 300. The van der Waals surface area contributed by atoms with Gasteiger partial charge in [0, 0.05) is 32.4 Å². The van der Waals surface area contributed by atoms with E-state index in [0.717, 1.165) is 25.7 Å². The van der Waals surface area contributed by atoms with E-state index in [4.69, 9.17) is 14.2 Å². The Morgan fingerprint density at radius 2 is 2.05 bits per heavy atom. The van der Waals surface area contributed by atoms with Gasteiger partial charge in [-0.1, -0.05) is 6.92 Å². The fourth-order valence-electron chi connectivity index (χ4n) is 3.11. The third kappa shape index (κ3) is 5.45. The minimum Gasteiger partial charge on any atom is -0.453 e. The smallest absolute Gasteiger partial charge is 0.409 e. The molecule has 1 saturated heterocycles. The topological polar surface area (TPSA) is 68.2 Å². The average molecular weight is 303 g/mol. The molecule has 1 heterocycles. The summed E-state index contributed by atoms with van der Waals surface area (Å²) < 4.78 is 15.1. The van der Waals surface area contributed by atoms with Crippen LogP contribution in [0.2, 0.25) is 0 Å². The zero-order chi connectivity index (χ0) is 15.7. The minimum absolute atomic E-state index is 0.0727. The van der Waals surface area contributed by atoms with Crippen molar-refractivity contribution >= 4 is 6.09 Å². The van der Waals surface area contributed by atoms with Crippen LogP contribution in [0.4, 0.5) is 4.79 Å². The molecule has 0 aromatic rings. The Balaban J connectivity index is 2.62. The number of ether oxygens (including phenoxy) is 3. The summed E-state index contributed by atoms with van der Waals surface area (Å²) in [5.41, 5.74) is 0. The van der Waals surface area contributed by atoms with Crippen LogP contribution in [0.5, 0.6) is 0 Å². The minimum atomic E-state index is -0.289. The van der Waals surface area contributed by atoms with Gasteiger partial charge in [-0.25, -0.2) is 4.79 Å². The number of carbonyl (C=O) groups excluding carboxylic acids is 1. The molecule has 0 aromatic carbocycles. The van der Waals surface area contributed by atoms with Crippen LogP contribution < -0.4 is 0 Å². The summed E-state index contributed by atoms with van der Waals surface area (Å²) in [6.07, 6.45) is 4.07. The molecule has 3 atom stereocenters. The van der Waals surface area contributed by atoms with E-state index < -0.39 is 0 Å². The maximum Gasteiger partial charge on any atom is 0.409 e. The van der Waals surface area contributed by atoms with E-state index in [1.54, 1.807) is 7.11 Å². The zero-order valence-electron chi connectivity index (χ0n) is 13.4. The van der Waals surface area contributed by atoms with Crippen molar-refractivity contribution in [2.45, 2.75) is 51.1 Å². The summed E-state index contributed by atoms with van der Waals surface area (Å²) in [4.78, 5) is 13.9. The van der Waals surface area contributed by atoms with Gasteiger partial charge in [0.2, 0.25) is 0 Å². The van der Waals surface area contributed by atoms with Crippen molar-refractivity contribution in [3.63, 3.8) is 0 Å². The molecule has 1 N–H and O–H groups in total. The number of likely N-dealkylation sites (tertiary alicyclic amines) is 1. The second-order valence-electron chi connectivity index (χ2n) is 5.62. The van der Waals surface area contributed by atoms with E-state index in [9.17, 15) is 9.90 Å². The largest absolute Gasteiger partial charge is 0.453 e. The van der Waals surface area contributed by atoms with Crippen molar-refractivity contribution in [1.29, 1.82) is 0 Å². The summed E-state index contributed by atoms with van der Waals surface area (Å²) in [5.74, 6) is 0.432. The van der Waals surface area contributed by atoms with E-state index in [-0.39, 0.29) is 24.8 Å². The summed E-state index contributed by atoms with van der Waals surface area (Å²) in [7, 11) is 3.01. The van der Waals surface area contributed by atoms with Gasteiger partial charge in [0.25, 0.3) is 0 Å². The first-order chi connectivity index (χ1) is 10.2. The molecule has 1 aliphatic heterocycles. The molecule has 0 aliphatic carbocycles. The monoisotopic (exact) mass is 303 g/mol. The van der Waals surface area contributed by atoms with E-state index in [2.05, 4.69) is 6.92 Å². The number of piperidine rings is 1. The van der Waals surface area contributed by atoms with Gasteiger partial charge >= 0.3 is 6.09 Å². The fraction of sp³-hybridized carbons (Fsp3) is 0.933. The summed E-state index contributed by atoms with van der Waals surface area (Å²) in [6, 6.07) is 0.220. The van der Waals surface area contributed by atoms with Crippen molar-refractivity contribution in [3.8, 4) is 0 Å². The Morgan fingerprint density at radius 3 is 2.67 bits per heavy atom. The molecular weight excluding hydrogens is 274 g/mol. The molecule has 1 aliphatic rings. The number of aliphatic hydroxyl groups excluding tert-OH is 1. The molecule has 0 saturated carbocycles. The summed E-state index contributed by atoms with van der Waals surface area (Å²) in [5, 5.41) is 9.20. The fourth-order valence-corrected chi connectivity index (χ4v) is 3.11. The van der Waals surface area contributed by atoms with E-state index >= 15 is 0 Å². The lowest BCUT2D eigenvalue weighted by molar-refractivity contribution is -0.0357. The number of carbonyl (C=O) groups is 1. The maximum atomic E-state index is 12.1. The molecule has 21 heavy (non-hydrogen) atoms. The second kappa shape index (κ2) is 9.97. The zero-order valence-corrected chi connectivity index (χ0v) is 13.4. The second-order valence-corrected chi connectivity index (χ2v) is 5.62. The van der Waals surface area contributed by atoms with Gasteiger partial charge in [-0.3, -0.25) is 0 Å². The Kier molecular flexibility index (Phi) is 8.64. The van der Waals surface area contributed by atoms with E-state index in [1.165, 1.54) is 7.11 Å². The highest BCUT2D eigenvalue weighted by atomic mass is 16.7. The maximum absolute atomic E-state index is 12.1. The molecule has 0 spiro atoms. The molecule has 0 aromatic heterocycles. The number of amides is 1. The van der Waals surface area contributed by atoms with Crippen molar-refractivity contribution in [2.75, 3.05) is 34.2 Å². The van der Waals surface area contributed by atoms with Gasteiger partial charge in [-0.05, 0) is 38.0 Å². The molecule has 0 bridgehead atoms. The third-order valence-corrected chi connectivity index (χ3v) is 4.20. The highest BCUT2D eigenvalue weighted by Gasteiger charge is 2.38. The molecule has 0 unspecified atom stereocenters. The lowest BCUT2D eigenvalue weighted by Crippen LogP contribution is -2.53. The van der Waals surface area contributed by atoms with E-state index in [0.29, 0.717) is 25.7 Å². The van der Waals surface area contributed by atoms with Crippen LogP contribution in [0.3, 0.4) is 0 Å². The molecule has 0 radical (unpaired) electrons. The van der Waals surface area contributed by atoms with Crippen molar-refractivity contribution in [3.05, 3.63) is 0 Å². The average Bonchev–Trinajstić information content (AvgIpc) is 2.49. The molecule has 124 valence electrons. The van der Waals surface area contributed by atoms with Crippen LogP contribution in [-0.4, -0.2) is 62.4 Å². The van der Waals surface area contributed by atoms with Crippen molar-refractivity contribution in [2.24, 2.45) is 5.92 Å². The molecular formula is C15H29NO5. The van der Waals surface area contributed by atoms with E-state index in [1.807, 2.05) is 4.90 Å². The number of hydrogen-bond acceptors (Lipinski definition) is 5. The van der Waals surface area contributed by atoms with Crippen LogP contribution in [0.15, 0.2) is 0 Å². The predicted molar refractivity (Wildman–Crippen MR) is 79.0 cm³/mol. The number of methoxy groups -OCH3 is 2. The SMILES string of the molecule is COCOCCC[C@H]1[C@H](C)CC[C@@H](CCO)N1C(=O)OC. The molecule has 1 amide bonds. The van der Waals surface area contributed by atoms with Crippen molar-refractivity contribution in [1.82, 2.24) is 4.90 Å². The highest BCUT2D eigenvalue weighted by Crippen LogP contribution is 2.32. The van der Waals surface area contributed by atoms with Gasteiger partial charge in [0.05, 0.1) is 7.11 Å². The third-order valence-electron chi connectivity index (χ3n) is 4.20. The first-order valence-corrected chi connectivity index (χ1v) is 7.69. The van der Waals surface area contributed by atoms with Gasteiger partial charge < -0.3 is 24.2 Å². The molecule has 1 fully saturated rings. The Hall–Kier alpha value is -0.850. The lowest BCUT2D eigenvalue weighted by Gasteiger charge is -2.44. The van der Waals surface area contributed by atoms with Gasteiger partial charge in [0.15, 0.2) is 0 Å².